The van der Waals surface area contributed by atoms with Crippen molar-refractivity contribution in [3.8, 4) is 0 Å². The quantitative estimate of drug-likeness (QED) is 0.0989. The van der Waals surface area contributed by atoms with E-state index >= 15 is 0 Å². The molecule has 3 aliphatic rings. The van der Waals surface area contributed by atoms with Gasteiger partial charge in [-0.25, -0.2) is 14.9 Å². The van der Waals surface area contributed by atoms with Crippen LogP contribution in [0, 0.1) is 47.9 Å². The van der Waals surface area contributed by atoms with Crippen LogP contribution in [-0.4, -0.2) is 38.2 Å². The van der Waals surface area contributed by atoms with Gasteiger partial charge in [0.05, 0.1) is 32.3 Å². The predicted octanol–water partition coefficient (Wildman–Crippen LogP) is 11.4. The maximum absolute atomic E-state index is 12.9. The van der Waals surface area contributed by atoms with Crippen molar-refractivity contribution in [3.05, 3.63) is 211 Å². The van der Waals surface area contributed by atoms with E-state index in [0.717, 1.165) is 45.0 Å². The van der Waals surface area contributed by atoms with E-state index in [1.807, 2.05) is 135 Å². The molecule has 3 heterocycles. The van der Waals surface area contributed by atoms with Gasteiger partial charge < -0.3 is 9.80 Å². The Kier molecular flexibility index (Phi) is 9.68. The minimum Gasteiger partial charge on any atom is -0.310 e. The smallest absolute Gasteiger partial charge is 0.282 e. The highest BCUT2D eigenvalue weighted by molar-refractivity contribution is 6.26. The number of nitro benzene ring substituents is 2. The van der Waals surface area contributed by atoms with Gasteiger partial charge in [-0.1, -0.05) is 76.9 Å². The van der Waals surface area contributed by atoms with Gasteiger partial charge in [0.15, 0.2) is 11.7 Å². The lowest BCUT2D eigenvalue weighted by molar-refractivity contribution is -0.385. The number of hydrogen-bond acceptors (Lipinski definition) is 11. The molecule has 298 valence electrons. The Labute approximate surface area is 351 Å². The maximum atomic E-state index is 12.9. The number of guanidine groups is 1. The Morgan fingerprint density at radius 1 is 0.475 bits per heavy atom. The second-order valence-corrected chi connectivity index (χ2v) is 14.9. The van der Waals surface area contributed by atoms with E-state index in [1.54, 1.807) is 47.4 Å². The van der Waals surface area contributed by atoms with Gasteiger partial charge in [0, 0.05) is 34.9 Å². The molecule has 0 atom stereocenters. The fourth-order valence-corrected chi connectivity index (χ4v) is 7.36. The molecule has 0 spiro atoms. The number of allylic oxidation sites excluding steroid dienone is 2. The molecule has 3 aliphatic heterocycles. The number of nitrogens with zero attached hydrogens (tertiary/aromatic N) is 9. The summed E-state index contributed by atoms with van der Waals surface area (Å²) >= 11 is 0. The second-order valence-electron chi connectivity index (χ2n) is 14.9. The number of aliphatic imine (C=N–C) groups is 4. The summed E-state index contributed by atoms with van der Waals surface area (Å²) in [4.78, 5) is 49.3. The zero-order valence-electron chi connectivity index (χ0n) is 33.6. The molecule has 0 aliphatic carbocycles. The van der Waals surface area contributed by atoms with Gasteiger partial charge in [-0.05, 0) is 113 Å². The molecule has 61 heavy (non-hydrogen) atoms. The average molecular weight is 804 g/mol. The topological polar surface area (TPSA) is 145 Å². The standard InChI is InChI=1S/C48H37N9O4/c1-30-8-16-34(17-9-30)53(35-18-10-31(2)11-19-35)38-24-26-40(42(28-38)56(58)59)46-49-44-6-5-7-45-50-47(52-48(51-46)55(44)45)41-27-25-39(29-43(41)57(60)61)54(36-20-12-32(3)13-21-36)37-22-14-33(4)15-23-37/h5-29H,1-4H3. The predicted molar refractivity (Wildman–Crippen MR) is 242 cm³/mol. The zero-order valence-corrected chi connectivity index (χ0v) is 33.6. The third-order valence-electron chi connectivity index (χ3n) is 10.5. The Bertz CT molecular complexity index is 2700. The first-order chi connectivity index (χ1) is 29.5. The summed E-state index contributed by atoms with van der Waals surface area (Å²) in [5.74, 6) is 1.01. The molecule has 13 heteroatoms. The van der Waals surface area contributed by atoms with Gasteiger partial charge in [0.25, 0.3) is 11.4 Å². The SMILES string of the molecule is Cc1ccc(N(c2ccc(C)cc2)c2ccc(C3=NC4=CC=CC5=NC(c6ccc(N(c7ccc(C)cc7)c7ccc(C)cc7)cc6[N+](=O)[O-])=NC(=N3)N45)c([N+](=O)[O-])c2)cc1. The summed E-state index contributed by atoms with van der Waals surface area (Å²) in [7, 11) is 0. The molecular formula is C48H37N9O4. The summed E-state index contributed by atoms with van der Waals surface area (Å²) in [6, 6.07) is 41.7. The normalized spacial score (nSPS) is 13.9. The van der Waals surface area contributed by atoms with Crippen LogP contribution in [0.4, 0.5) is 45.5 Å². The van der Waals surface area contributed by atoms with E-state index in [2.05, 4.69) is 0 Å². The lowest BCUT2D eigenvalue weighted by atomic mass is 10.1. The summed E-state index contributed by atoms with van der Waals surface area (Å²) < 4.78 is 0. The minimum atomic E-state index is -0.449. The summed E-state index contributed by atoms with van der Waals surface area (Å²) in [5.41, 5.74) is 8.72. The lowest BCUT2D eigenvalue weighted by Gasteiger charge is -2.31. The molecule has 0 bridgehead atoms. The first-order valence-corrected chi connectivity index (χ1v) is 19.5. The second kappa shape index (κ2) is 15.5. The molecule has 13 nitrogen and oxygen atoms in total. The van der Waals surface area contributed by atoms with Crippen molar-refractivity contribution in [2.24, 2.45) is 20.0 Å². The molecule has 0 saturated carbocycles. The Balaban J connectivity index is 1.13. The molecule has 0 radical (unpaired) electrons. The summed E-state index contributed by atoms with van der Waals surface area (Å²) in [6.07, 6.45) is 5.20. The summed E-state index contributed by atoms with van der Waals surface area (Å²) in [5, 5.41) is 25.7. The van der Waals surface area contributed by atoms with Crippen molar-refractivity contribution in [2.45, 2.75) is 27.7 Å². The van der Waals surface area contributed by atoms with Crippen LogP contribution >= 0.6 is 0 Å². The van der Waals surface area contributed by atoms with Crippen LogP contribution in [0.15, 0.2) is 177 Å². The Hall–Kier alpha value is -8.32. The third kappa shape index (κ3) is 7.36. The van der Waals surface area contributed by atoms with Crippen LogP contribution in [0.5, 0.6) is 0 Å². The third-order valence-corrected chi connectivity index (χ3v) is 10.5. The van der Waals surface area contributed by atoms with E-state index in [-0.39, 0.29) is 40.1 Å². The van der Waals surface area contributed by atoms with Crippen LogP contribution in [0.1, 0.15) is 33.4 Å². The number of anilines is 6. The highest BCUT2D eigenvalue weighted by atomic mass is 16.6. The van der Waals surface area contributed by atoms with Crippen molar-refractivity contribution in [3.63, 3.8) is 0 Å². The first-order valence-electron chi connectivity index (χ1n) is 19.5. The van der Waals surface area contributed by atoms with E-state index < -0.39 is 9.85 Å². The largest absolute Gasteiger partial charge is 0.310 e. The molecular weight excluding hydrogens is 767 g/mol. The molecule has 0 amide bonds. The van der Waals surface area contributed by atoms with Crippen molar-refractivity contribution in [1.82, 2.24) is 4.90 Å². The maximum Gasteiger partial charge on any atom is 0.282 e. The van der Waals surface area contributed by atoms with Crippen LogP contribution in [0.25, 0.3) is 0 Å². The van der Waals surface area contributed by atoms with Gasteiger partial charge >= 0.3 is 0 Å². The molecule has 0 N–H and O–H groups in total. The molecule has 6 aromatic rings. The van der Waals surface area contributed by atoms with E-state index in [9.17, 15) is 20.2 Å². The number of amidine groups is 3. The van der Waals surface area contributed by atoms with Gasteiger partial charge in [0.2, 0.25) is 5.96 Å². The van der Waals surface area contributed by atoms with Crippen LogP contribution in [0.3, 0.4) is 0 Å². The number of aryl methyl sites for hydroxylation is 4. The van der Waals surface area contributed by atoms with E-state index in [0.29, 0.717) is 23.0 Å². The monoisotopic (exact) mass is 803 g/mol. The summed E-state index contributed by atoms with van der Waals surface area (Å²) in [6.45, 7) is 8.01. The van der Waals surface area contributed by atoms with Crippen LogP contribution in [0.2, 0.25) is 0 Å². The van der Waals surface area contributed by atoms with E-state index in [1.165, 1.54) is 12.1 Å². The molecule has 6 aromatic carbocycles. The fraction of sp³-hybridized carbons (Fsp3) is 0.0833. The van der Waals surface area contributed by atoms with E-state index in [4.69, 9.17) is 20.0 Å². The van der Waals surface area contributed by atoms with Crippen molar-refractivity contribution < 1.29 is 9.85 Å². The molecule has 0 saturated heterocycles. The Morgan fingerprint density at radius 2 is 0.852 bits per heavy atom. The van der Waals surface area contributed by atoms with Gasteiger partial charge in [-0.2, -0.15) is 9.98 Å². The first kappa shape index (κ1) is 38.2. The van der Waals surface area contributed by atoms with Crippen LogP contribution in [-0.2, 0) is 0 Å². The Morgan fingerprint density at radius 3 is 1.25 bits per heavy atom. The van der Waals surface area contributed by atoms with Gasteiger partial charge in [-0.3, -0.25) is 20.2 Å². The number of nitro groups is 2. The highest BCUT2D eigenvalue weighted by Gasteiger charge is 2.35. The number of hydrogen-bond donors (Lipinski definition) is 0. The molecule has 9 rings (SSSR count). The van der Waals surface area contributed by atoms with Crippen molar-refractivity contribution in [1.29, 1.82) is 0 Å². The van der Waals surface area contributed by atoms with Crippen LogP contribution < -0.4 is 9.80 Å². The average Bonchev–Trinajstić information content (AvgIpc) is 3.26. The van der Waals surface area contributed by atoms with Crippen molar-refractivity contribution >= 4 is 69.0 Å². The molecule has 0 unspecified atom stereocenters. The van der Waals surface area contributed by atoms with Gasteiger partial charge in [0.1, 0.15) is 11.7 Å². The lowest BCUT2D eigenvalue weighted by Crippen LogP contribution is -2.41. The highest BCUT2D eigenvalue weighted by Crippen LogP contribution is 2.40. The fourth-order valence-electron chi connectivity index (χ4n) is 7.36. The minimum absolute atomic E-state index is 0.0595. The van der Waals surface area contributed by atoms with Gasteiger partial charge in [-0.15, -0.1) is 0 Å². The molecule has 0 aromatic heterocycles. The number of benzene rings is 6. The van der Waals surface area contributed by atoms with Crippen molar-refractivity contribution in [2.75, 3.05) is 9.80 Å². The zero-order chi connectivity index (χ0) is 42.4. The molecule has 0 fully saturated rings. The number of rotatable bonds is 10.